The van der Waals surface area contributed by atoms with Gasteiger partial charge in [0, 0.05) is 31.4 Å². The maximum Gasteiger partial charge on any atom is 0.410 e. The number of pyridine rings is 1. The van der Waals surface area contributed by atoms with E-state index in [1.165, 1.54) is 0 Å². The lowest BCUT2D eigenvalue weighted by Gasteiger charge is -2.32. The Morgan fingerprint density at radius 1 is 1.43 bits per heavy atom. The zero-order valence-electron chi connectivity index (χ0n) is 13.1. The molecule has 0 spiro atoms. The van der Waals surface area contributed by atoms with Crippen molar-refractivity contribution in [3.05, 3.63) is 33.2 Å². The maximum absolute atomic E-state index is 12.1. The minimum atomic E-state index is -0.521. The number of carbonyl (C=O) groups is 1. The van der Waals surface area contributed by atoms with E-state index in [1.807, 2.05) is 26.8 Å². The standard InChI is InChI=1S/C15H23N3O3/c1-15(2,3)21-14(20)18-6-5-10-7-11(8-16)13(19)17(4)12(10)9-18/h7H,5-6,8-9,16H2,1-4H3. The number of amides is 1. The van der Waals surface area contributed by atoms with Crippen LogP contribution in [0, 0.1) is 0 Å². The van der Waals surface area contributed by atoms with E-state index in [1.54, 1.807) is 16.5 Å². The third-order valence-corrected chi connectivity index (χ3v) is 3.57. The quantitative estimate of drug-likeness (QED) is 0.842. The van der Waals surface area contributed by atoms with Crippen LogP contribution in [0.1, 0.15) is 37.6 Å². The summed E-state index contributed by atoms with van der Waals surface area (Å²) in [6.45, 7) is 6.73. The average molecular weight is 293 g/mol. The first-order valence-electron chi connectivity index (χ1n) is 7.11. The molecule has 1 aromatic heterocycles. The van der Waals surface area contributed by atoms with Crippen LogP contribution in [-0.4, -0.2) is 27.7 Å². The summed E-state index contributed by atoms with van der Waals surface area (Å²) in [6, 6.07) is 1.87. The first-order valence-corrected chi connectivity index (χ1v) is 7.11. The summed E-state index contributed by atoms with van der Waals surface area (Å²) < 4.78 is 6.98. The van der Waals surface area contributed by atoms with Crippen LogP contribution < -0.4 is 11.3 Å². The van der Waals surface area contributed by atoms with Gasteiger partial charge in [0.15, 0.2) is 0 Å². The lowest BCUT2D eigenvalue weighted by atomic mass is 10.0. The zero-order chi connectivity index (χ0) is 15.8. The van der Waals surface area contributed by atoms with Gasteiger partial charge in [0.25, 0.3) is 5.56 Å². The number of rotatable bonds is 1. The molecule has 0 fully saturated rings. The lowest BCUT2D eigenvalue weighted by molar-refractivity contribution is 0.0218. The minimum absolute atomic E-state index is 0.0951. The molecular formula is C15H23N3O3. The van der Waals surface area contributed by atoms with Gasteiger partial charge in [-0.2, -0.15) is 0 Å². The highest BCUT2D eigenvalue weighted by molar-refractivity contribution is 5.68. The Kier molecular flexibility index (Phi) is 4.09. The van der Waals surface area contributed by atoms with Gasteiger partial charge < -0.3 is 19.9 Å². The summed E-state index contributed by atoms with van der Waals surface area (Å²) in [5.41, 5.74) is 7.53. The fourth-order valence-electron chi connectivity index (χ4n) is 2.48. The molecule has 6 nitrogen and oxygen atoms in total. The van der Waals surface area contributed by atoms with Crippen molar-refractivity contribution < 1.29 is 9.53 Å². The van der Waals surface area contributed by atoms with Crippen LogP contribution in [-0.2, 0) is 31.3 Å². The van der Waals surface area contributed by atoms with Gasteiger partial charge in [0.1, 0.15) is 5.60 Å². The van der Waals surface area contributed by atoms with Crippen molar-refractivity contribution in [1.82, 2.24) is 9.47 Å². The summed E-state index contributed by atoms with van der Waals surface area (Å²) in [5.74, 6) is 0. The summed E-state index contributed by atoms with van der Waals surface area (Å²) in [4.78, 5) is 25.9. The van der Waals surface area contributed by atoms with Gasteiger partial charge in [0.2, 0.25) is 0 Å². The number of hydrogen-bond donors (Lipinski definition) is 1. The highest BCUT2D eigenvalue weighted by Crippen LogP contribution is 2.20. The van der Waals surface area contributed by atoms with Crippen LogP contribution in [0.4, 0.5) is 4.79 Å². The van der Waals surface area contributed by atoms with Crippen LogP contribution in [0.25, 0.3) is 0 Å². The third-order valence-electron chi connectivity index (χ3n) is 3.57. The van der Waals surface area contributed by atoms with Gasteiger partial charge in [-0.15, -0.1) is 0 Å². The molecule has 0 aromatic carbocycles. The van der Waals surface area contributed by atoms with Crippen LogP contribution >= 0.6 is 0 Å². The van der Waals surface area contributed by atoms with Crippen LogP contribution in [0.5, 0.6) is 0 Å². The molecule has 1 aliphatic heterocycles. The molecule has 0 bridgehead atoms. The predicted octanol–water partition coefficient (Wildman–Crippen LogP) is 1.14. The predicted molar refractivity (Wildman–Crippen MR) is 79.9 cm³/mol. The first-order chi connectivity index (χ1) is 9.73. The van der Waals surface area contributed by atoms with Crippen molar-refractivity contribution in [3.63, 3.8) is 0 Å². The molecule has 0 aliphatic carbocycles. The number of ether oxygens (including phenoxy) is 1. The van der Waals surface area contributed by atoms with Gasteiger partial charge in [-0.3, -0.25) is 4.79 Å². The number of carbonyl (C=O) groups excluding carboxylic acids is 1. The highest BCUT2D eigenvalue weighted by Gasteiger charge is 2.27. The Hall–Kier alpha value is -1.82. The van der Waals surface area contributed by atoms with E-state index in [0.29, 0.717) is 25.1 Å². The van der Waals surface area contributed by atoms with Crippen LogP contribution in [0.3, 0.4) is 0 Å². The molecule has 1 aliphatic rings. The van der Waals surface area contributed by atoms with E-state index >= 15 is 0 Å². The Bertz CT molecular complexity index is 614. The molecule has 2 rings (SSSR count). The summed E-state index contributed by atoms with van der Waals surface area (Å²) in [5, 5.41) is 0. The Morgan fingerprint density at radius 3 is 2.67 bits per heavy atom. The van der Waals surface area contributed by atoms with Crippen LogP contribution in [0.15, 0.2) is 10.9 Å². The largest absolute Gasteiger partial charge is 0.444 e. The number of fused-ring (bicyclic) bond motifs is 1. The molecule has 21 heavy (non-hydrogen) atoms. The molecule has 1 amide bonds. The minimum Gasteiger partial charge on any atom is -0.444 e. The van der Waals surface area contributed by atoms with Gasteiger partial charge in [0.05, 0.1) is 6.54 Å². The second-order valence-corrected chi connectivity index (χ2v) is 6.36. The maximum atomic E-state index is 12.1. The second-order valence-electron chi connectivity index (χ2n) is 6.36. The molecule has 0 atom stereocenters. The van der Waals surface area contributed by atoms with E-state index < -0.39 is 5.60 Å². The normalized spacial score (nSPS) is 14.8. The van der Waals surface area contributed by atoms with Crippen molar-refractivity contribution in [1.29, 1.82) is 0 Å². The van der Waals surface area contributed by atoms with Gasteiger partial charge in [-0.25, -0.2) is 4.79 Å². The average Bonchev–Trinajstić information content (AvgIpc) is 2.40. The fraction of sp³-hybridized carbons (Fsp3) is 0.600. The zero-order valence-corrected chi connectivity index (χ0v) is 13.1. The second kappa shape index (κ2) is 5.52. The monoisotopic (exact) mass is 293 g/mol. The molecule has 0 radical (unpaired) electrons. The smallest absolute Gasteiger partial charge is 0.410 e. The van der Waals surface area contributed by atoms with Gasteiger partial charge >= 0.3 is 6.09 Å². The lowest BCUT2D eigenvalue weighted by Crippen LogP contribution is -2.42. The Labute approximate surface area is 124 Å². The Morgan fingerprint density at radius 2 is 2.10 bits per heavy atom. The van der Waals surface area contributed by atoms with Gasteiger partial charge in [-0.05, 0) is 38.8 Å². The van der Waals surface area contributed by atoms with Crippen LogP contribution in [0.2, 0.25) is 0 Å². The number of hydrogen-bond acceptors (Lipinski definition) is 4. The number of nitrogens with two attached hydrogens (primary N) is 1. The van der Waals surface area contributed by atoms with Gasteiger partial charge in [-0.1, -0.05) is 0 Å². The van der Waals surface area contributed by atoms with Crippen molar-refractivity contribution in [2.24, 2.45) is 12.8 Å². The summed E-state index contributed by atoms with van der Waals surface area (Å²) >= 11 is 0. The topological polar surface area (TPSA) is 77.6 Å². The Balaban J connectivity index is 2.27. The molecule has 2 N–H and O–H groups in total. The van der Waals surface area contributed by atoms with E-state index in [2.05, 4.69) is 0 Å². The van der Waals surface area contributed by atoms with Crippen molar-refractivity contribution in [2.45, 2.75) is 45.9 Å². The number of nitrogens with zero attached hydrogens (tertiary/aromatic N) is 2. The van der Waals surface area contributed by atoms with Crippen molar-refractivity contribution in [3.8, 4) is 0 Å². The summed E-state index contributed by atoms with van der Waals surface area (Å²) in [6.07, 6.45) is 0.360. The molecule has 0 saturated heterocycles. The molecule has 0 saturated carbocycles. The summed E-state index contributed by atoms with van der Waals surface area (Å²) in [7, 11) is 1.72. The molecule has 0 unspecified atom stereocenters. The first kappa shape index (κ1) is 15.6. The van der Waals surface area contributed by atoms with Crippen molar-refractivity contribution in [2.75, 3.05) is 6.54 Å². The van der Waals surface area contributed by atoms with Crippen molar-refractivity contribution >= 4 is 6.09 Å². The number of aromatic nitrogens is 1. The SMILES string of the molecule is Cn1c2c(cc(CN)c1=O)CCN(C(=O)OC(C)(C)C)C2. The highest BCUT2D eigenvalue weighted by atomic mass is 16.6. The molecule has 6 heteroatoms. The van der Waals surface area contributed by atoms with E-state index in [4.69, 9.17) is 10.5 Å². The van der Waals surface area contributed by atoms with E-state index in [-0.39, 0.29) is 18.2 Å². The van der Waals surface area contributed by atoms with E-state index in [0.717, 1.165) is 11.3 Å². The molecule has 116 valence electrons. The molecular weight excluding hydrogens is 270 g/mol. The molecule has 1 aromatic rings. The fourth-order valence-corrected chi connectivity index (χ4v) is 2.48. The third kappa shape index (κ3) is 3.26. The molecule has 2 heterocycles. The van der Waals surface area contributed by atoms with E-state index in [9.17, 15) is 9.59 Å².